The van der Waals surface area contributed by atoms with Crippen molar-refractivity contribution in [1.29, 1.82) is 0 Å². The summed E-state index contributed by atoms with van der Waals surface area (Å²) in [5.41, 5.74) is 0. The van der Waals surface area contributed by atoms with E-state index in [0.29, 0.717) is 12.3 Å². The van der Waals surface area contributed by atoms with Crippen LogP contribution in [0, 0.1) is 11.8 Å². The number of nitrogens with one attached hydrogen (secondary N) is 1. The minimum absolute atomic E-state index is 0.338. The van der Waals surface area contributed by atoms with Crippen LogP contribution < -0.4 is 5.32 Å². The van der Waals surface area contributed by atoms with Gasteiger partial charge in [-0.15, -0.1) is 6.58 Å². The summed E-state index contributed by atoms with van der Waals surface area (Å²) < 4.78 is 0. The number of hydrogen-bond acceptors (Lipinski definition) is 3. The molecule has 2 fully saturated rings. The number of carboxylic acids is 1. The van der Waals surface area contributed by atoms with Crippen LogP contribution in [0.3, 0.4) is 0 Å². The van der Waals surface area contributed by atoms with Crippen LogP contribution in [0.2, 0.25) is 0 Å². The van der Waals surface area contributed by atoms with Crippen LogP contribution in [0.5, 0.6) is 0 Å². The van der Waals surface area contributed by atoms with Crippen molar-refractivity contribution in [3.05, 3.63) is 12.7 Å². The van der Waals surface area contributed by atoms with Crippen LogP contribution in [-0.4, -0.2) is 49.2 Å². The Bertz CT molecular complexity index is 289. The summed E-state index contributed by atoms with van der Waals surface area (Å²) in [6.07, 6.45) is 8.51. The number of carbonyl (C=O) groups is 1. The SMILES string of the molecule is C=CCC1CCCNC1.CC.CN1CCCC(CC(=O)O)C1. The predicted molar refractivity (Wildman–Crippen MR) is 94.2 cm³/mol. The molecule has 0 spiro atoms. The third-order valence-electron chi connectivity index (χ3n) is 4.08. The highest BCUT2D eigenvalue weighted by Crippen LogP contribution is 2.17. The molecule has 0 radical (unpaired) electrons. The average molecular weight is 312 g/mol. The highest BCUT2D eigenvalue weighted by molar-refractivity contribution is 5.67. The van der Waals surface area contributed by atoms with Crippen LogP contribution in [0.25, 0.3) is 0 Å². The van der Waals surface area contributed by atoms with E-state index in [1.165, 1.54) is 32.4 Å². The van der Waals surface area contributed by atoms with Gasteiger partial charge in [-0.05, 0) is 70.6 Å². The van der Waals surface area contributed by atoms with Crippen LogP contribution >= 0.6 is 0 Å². The fourth-order valence-corrected chi connectivity index (χ4v) is 3.05. The van der Waals surface area contributed by atoms with Gasteiger partial charge in [0.2, 0.25) is 0 Å². The van der Waals surface area contributed by atoms with E-state index in [-0.39, 0.29) is 0 Å². The van der Waals surface area contributed by atoms with Crippen molar-refractivity contribution >= 4 is 5.97 Å². The van der Waals surface area contributed by atoms with Gasteiger partial charge in [-0.3, -0.25) is 4.79 Å². The lowest BCUT2D eigenvalue weighted by Gasteiger charge is -2.28. The Morgan fingerprint density at radius 3 is 2.50 bits per heavy atom. The Kier molecular flexibility index (Phi) is 13.2. The molecule has 0 saturated carbocycles. The molecular weight excluding hydrogens is 276 g/mol. The normalized spacial score (nSPS) is 25.0. The van der Waals surface area contributed by atoms with Crippen molar-refractivity contribution in [1.82, 2.24) is 10.2 Å². The molecule has 2 unspecified atom stereocenters. The molecule has 2 aliphatic rings. The number of nitrogens with zero attached hydrogens (tertiary/aromatic N) is 1. The lowest BCUT2D eigenvalue weighted by atomic mass is 9.95. The van der Waals surface area contributed by atoms with Crippen molar-refractivity contribution in [2.75, 3.05) is 33.2 Å². The third kappa shape index (κ3) is 10.8. The Hall–Kier alpha value is -0.870. The molecule has 0 aromatic heterocycles. The number of likely N-dealkylation sites (tertiary alicyclic amines) is 1. The largest absolute Gasteiger partial charge is 0.481 e. The van der Waals surface area contributed by atoms with Crippen molar-refractivity contribution < 1.29 is 9.90 Å². The first-order valence-corrected chi connectivity index (χ1v) is 8.83. The van der Waals surface area contributed by atoms with Crippen LogP contribution in [0.15, 0.2) is 12.7 Å². The molecule has 4 heteroatoms. The maximum absolute atomic E-state index is 10.4. The molecule has 22 heavy (non-hydrogen) atoms. The molecule has 0 aromatic carbocycles. The van der Waals surface area contributed by atoms with Crippen LogP contribution in [0.1, 0.15) is 52.4 Å². The first-order chi connectivity index (χ1) is 10.6. The third-order valence-corrected chi connectivity index (χ3v) is 4.08. The zero-order valence-electron chi connectivity index (χ0n) is 14.8. The van der Waals surface area contributed by atoms with E-state index in [2.05, 4.69) is 16.8 Å². The number of hydrogen-bond donors (Lipinski definition) is 2. The highest BCUT2D eigenvalue weighted by Gasteiger charge is 2.19. The van der Waals surface area contributed by atoms with Crippen LogP contribution in [-0.2, 0) is 4.79 Å². The van der Waals surface area contributed by atoms with Gasteiger partial charge >= 0.3 is 5.97 Å². The quantitative estimate of drug-likeness (QED) is 0.781. The minimum Gasteiger partial charge on any atom is -0.481 e. The molecule has 0 aliphatic carbocycles. The predicted octanol–water partition coefficient (Wildman–Crippen LogP) is 3.39. The molecule has 2 heterocycles. The van der Waals surface area contributed by atoms with Gasteiger partial charge in [-0.2, -0.15) is 0 Å². The van der Waals surface area contributed by atoms with Crippen molar-refractivity contribution in [3.8, 4) is 0 Å². The molecule has 0 aromatic rings. The zero-order valence-corrected chi connectivity index (χ0v) is 14.8. The molecule has 4 nitrogen and oxygen atoms in total. The summed E-state index contributed by atoms with van der Waals surface area (Å²) in [5.74, 6) is 0.591. The first-order valence-electron chi connectivity index (χ1n) is 8.83. The summed E-state index contributed by atoms with van der Waals surface area (Å²) in [4.78, 5) is 12.6. The van der Waals surface area contributed by atoms with Gasteiger partial charge in [0.15, 0.2) is 0 Å². The van der Waals surface area contributed by atoms with Crippen molar-refractivity contribution in [2.24, 2.45) is 11.8 Å². The van der Waals surface area contributed by atoms with Gasteiger partial charge in [0.25, 0.3) is 0 Å². The van der Waals surface area contributed by atoms with E-state index in [1.807, 2.05) is 27.0 Å². The van der Waals surface area contributed by atoms with Crippen molar-refractivity contribution in [2.45, 2.75) is 52.4 Å². The monoisotopic (exact) mass is 312 g/mol. The number of aliphatic carboxylic acids is 1. The van der Waals surface area contributed by atoms with Gasteiger partial charge < -0.3 is 15.3 Å². The smallest absolute Gasteiger partial charge is 0.303 e. The van der Waals surface area contributed by atoms with Crippen LogP contribution in [0.4, 0.5) is 0 Å². The molecule has 2 aliphatic heterocycles. The van der Waals surface area contributed by atoms with Gasteiger partial charge in [0, 0.05) is 13.0 Å². The average Bonchev–Trinajstić information content (AvgIpc) is 2.51. The Morgan fingerprint density at radius 1 is 1.32 bits per heavy atom. The summed E-state index contributed by atoms with van der Waals surface area (Å²) in [6.45, 7) is 12.2. The Morgan fingerprint density at radius 2 is 2.00 bits per heavy atom. The summed E-state index contributed by atoms with van der Waals surface area (Å²) >= 11 is 0. The molecule has 130 valence electrons. The Labute approximate surface area is 137 Å². The minimum atomic E-state index is -0.662. The van der Waals surface area contributed by atoms with E-state index in [9.17, 15) is 4.79 Å². The second kappa shape index (κ2) is 13.8. The summed E-state index contributed by atoms with van der Waals surface area (Å²) in [5, 5.41) is 11.9. The van der Waals surface area contributed by atoms with E-state index < -0.39 is 5.97 Å². The lowest BCUT2D eigenvalue weighted by Crippen LogP contribution is -2.33. The second-order valence-electron chi connectivity index (χ2n) is 6.11. The Balaban J connectivity index is 0.000000366. The molecule has 2 rings (SSSR count). The maximum Gasteiger partial charge on any atom is 0.303 e. The number of carboxylic acid groups (broad SMARTS) is 1. The zero-order chi connectivity index (χ0) is 16.8. The van der Waals surface area contributed by atoms with E-state index in [0.717, 1.165) is 31.8 Å². The fourth-order valence-electron chi connectivity index (χ4n) is 3.05. The maximum atomic E-state index is 10.4. The lowest BCUT2D eigenvalue weighted by molar-refractivity contribution is -0.138. The number of rotatable bonds is 4. The summed E-state index contributed by atoms with van der Waals surface area (Å²) in [6, 6.07) is 0. The van der Waals surface area contributed by atoms with Gasteiger partial charge in [-0.1, -0.05) is 19.9 Å². The van der Waals surface area contributed by atoms with Gasteiger partial charge in [0.05, 0.1) is 0 Å². The molecule has 2 saturated heterocycles. The first kappa shape index (κ1) is 21.1. The second-order valence-corrected chi connectivity index (χ2v) is 6.11. The van der Waals surface area contributed by atoms with E-state index in [1.54, 1.807) is 0 Å². The molecular formula is C18H36N2O2. The molecule has 2 N–H and O–H groups in total. The highest BCUT2D eigenvalue weighted by atomic mass is 16.4. The number of piperidine rings is 2. The number of allylic oxidation sites excluding steroid dienone is 1. The van der Waals surface area contributed by atoms with E-state index in [4.69, 9.17) is 5.11 Å². The molecule has 0 amide bonds. The van der Waals surface area contributed by atoms with E-state index >= 15 is 0 Å². The molecule has 2 atom stereocenters. The molecule has 0 bridgehead atoms. The standard InChI is InChI=1S/C8H15NO2.C8H15N.C2H6/c1-9-4-2-3-7(6-9)5-8(10)11;1-2-4-8-5-3-6-9-7-8;1-2/h7H,2-6H2,1H3,(H,10,11);2,8-9H,1,3-7H2;1-2H3. The fraction of sp³-hybridized carbons (Fsp3) is 0.833. The summed E-state index contributed by atoms with van der Waals surface area (Å²) in [7, 11) is 2.05. The van der Waals surface area contributed by atoms with Gasteiger partial charge in [0.1, 0.15) is 0 Å². The van der Waals surface area contributed by atoms with Crippen molar-refractivity contribution in [3.63, 3.8) is 0 Å². The topological polar surface area (TPSA) is 52.6 Å². The van der Waals surface area contributed by atoms with Gasteiger partial charge in [-0.25, -0.2) is 0 Å².